The van der Waals surface area contributed by atoms with E-state index in [0.29, 0.717) is 24.2 Å². The molecule has 0 bridgehead atoms. The minimum Gasteiger partial charge on any atom is -0.507 e. The summed E-state index contributed by atoms with van der Waals surface area (Å²) < 4.78 is 11.0. The zero-order valence-corrected chi connectivity index (χ0v) is 14.3. The van der Waals surface area contributed by atoms with Crippen LogP contribution in [-0.2, 0) is 20.7 Å². The van der Waals surface area contributed by atoms with Gasteiger partial charge in [0, 0.05) is 12.0 Å². The van der Waals surface area contributed by atoms with E-state index >= 15 is 0 Å². The monoisotopic (exact) mass is 337 g/mol. The predicted octanol–water partition coefficient (Wildman–Crippen LogP) is 1.36. The molecule has 0 aromatic heterocycles. The van der Waals surface area contributed by atoms with Crippen LogP contribution in [0.15, 0.2) is 0 Å². The maximum absolute atomic E-state index is 12.4. The average Bonchev–Trinajstić information content (AvgIpc) is 2.55. The minimum absolute atomic E-state index is 0.244. The Bertz CT molecular complexity index is 699. The van der Waals surface area contributed by atoms with Crippen molar-refractivity contribution in [1.82, 2.24) is 0 Å². The number of esters is 1. The third kappa shape index (κ3) is 3.03. The molecule has 1 aliphatic heterocycles. The van der Waals surface area contributed by atoms with Gasteiger partial charge in [-0.05, 0) is 50.8 Å². The SMILES string of the molecule is Cc1c(C)c2c(c(C)c1O)CCC(C)(C(=O)OC[C@H](N)C(=O)O)O2. The number of fused-ring (bicyclic) bond motifs is 1. The summed E-state index contributed by atoms with van der Waals surface area (Å²) in [5.74, 6) is -1.06. The lowest BCUT2D eigenvalue weighted by molar-refractivity contribution is -0.164. The van der Waals surface area contributed by atoms with Crippen molar-refractivity contribution in [3.8, 4) is 11.5 Å². The Balaban J connectivity index is 2.25. The van der Waals surface area contributed by atoms with Gasteiger partial charge in [0.1, 0.15) is 24.1 Å². The van der Waals surface area contributed by atoms with Gasteiger partial charge in [-0.1, -0.05) is 0 Å². The fourth-order valence-electron chi connectivity index (χ4n) is 2.78. The Labute approximate surface area is 140 Å². The Kier molecular flexibility index (Phi) is 4.75. The number of aromatic hydroxyl groups is 1. The summed E-state index contributed by atoms with van der Waals surface area (Å²) in [5, 5.41) is 18.9. The van der Waals surface area contributed by atoms with Crippen molar-refractivity contribution in [2.45, 2.75) is 52.2 Å². The van der Waals surface area contributed by atoms with Crippen molar-refractivity contribution in [3.63, 3.8) is 0 Å². The maximum Gasteiger partial charge on any atom is 0.350 e. The minimum atomic E-state index is -1.27. The van der Waals surface area contributed by atoms with Gasteiger partial charge in [0.15, 0.2) is 0 Å². The largest absolute Gasteiger partial charge is 0.507 e. The van der Waals surface area contributed by atoms with Crippen LogP contribution in [0.25, 0.3) is 0 Å². The summed E-state index contributed by atoms with van der Waals surface area (Å²) in [4.78, 5) is 23.1. The van der Waals surface area contributed by atoms with Gasteiger partial charge in [-0.2, -0.15) is 0 Å². The molecule has 132 valence electrons. The van der Waals surface area contributed by atoms with Crippen molar-refractivity contribution >= 4 is 11.9 Å². The van der Waals surface area contributed by atoms with Crippen LogP contribution in [0.3, 0.4) is 0 Å². The first-order valence-electron chi connectivity index (χ1n) is 7.74. The van der Waals surface area contributed by atoms with Crippen molar-refractivity contribution in [1.29, 1.82) is 0 Å². The van der Waals surface area contributed by atoms with Crippen LogP contribution >= 0.6 is 0 Å². The van der Waals surface area contributed by atoms with Gasteiger partial charge in [-0.15, -0.1) is 0 Å². The highest BCUT2D eigenvalue weighted by Gasteiger charge is 2.42. The third-order valence-corrected chi connectivity index (χ3v) is 4.66. The number of rotatable bonds is 4. The lowest BCUT2D eigenvalue weighted by atomic mass is 9.87. The van der Waals surface area contributed by atoms with Crippen LogP contribution in [0.5, 0.6) is 11.5 Å². The molecular weight excluding hydrogens is 314 g/mol. The normalized spacial score (nSPS) is 20.7. The Hall–Kier alpha value is -2.28. The van der Waals surface area contributed by atoms with Crippen molar-refractivity contribution in [2.75, 3.05) is 6.61 Å². The number of ether oxygens (including phenoxy) is 2. The molecule has 0 aliphatic carbocycles. The zero-order chi connectivity index (χ0) is 18.2. The van der Waals surface area contributed by atoms with Crippen LogP contribution in [0.2, 0.25) is 0 Å². The first-order chi connectivity index (χ1) is 11.1. The second-order valence-electron chi connectivity index (χ2n) is 6.41. The average molecular weight is 337 g/mol. The number of carboxylic acids is 1. The van der Waals surface area contributed by atoms with Gasteiger partial charge in [0.2, 0.25) is 5.60 Å². The highest BCUT2D eigenvalue weighted by molar-refractivity contribution is 5.81. The summed E-state index contributed by atoms with van der Waals surface area (Å²) in [7, 11) is 0. The Morgan fingerprint density at radius 3 is 2.50 bits per heavy atom. The highest BCUT2D eigenvalue weighted by atomic mass is 16.6. The van der Waals surface area contributed by atoms with E-state index in [0.717, 1.165) is 16.7 Å². The zero-order valence-electron chi connectivity index (χ0n) is 14.3. The van der Waals surface area contributed by atoms with Crippen molar-refractivity contribution in [2.24, 2.45) is 5.73 Å². The number of carboxylic acid groups (broad SMARTS) is 1. The second-order valence-corrected chi connectivity index (χ2v) is 6.41. The molecule has 7 nitrogen and oxygen atoms in total. The smallest absolute Gasteiger partial charge is 0.350 e. The van der Waals surface area contributed by atoms with E-state index in [1.54, 1.807) is 13.8 Å². The van der Waals surface area contributed by atoms with Crippen LogP contribution in [0.1, 0.15) is 35.6 Å². The molecular formula is C17H23NO6. The maximum atomic E-state index is 12.4. The van der Waals surface area contributed by atoms with E-state index in [9.17, 15) is 14.7 Å². The van der Waals surface area contributed by atoms with Crippen molar-refractivity contribution in [3.05, 3.63) is 22.3 Å². The van der Waals surface area contributed by atoms with Gasteiger partial charge in [0.25, 0.3) is 0 Å². The molecule has 0 spiro atoms. The van der Waals surface area contributed by atoms with Gasteiger partial charge < -0.3 is 25.4 Å². The van der Waals surface area contributed by atoms with Gasteiger partial charge in [-0.25, -0.2) is 4.79 Å². The number of benzene rings is 1. The number of carbonyl (C=O) groups excluding carboxylic acids is 1. The third-order valence-electron chi connectivity index (χ3n) is 4.66. The molecule has 0 saturated carbocycles. The lowest BCUT2D eigenvalue weighted by Crippen LogP contribution is -2.47. The Morgan fingerprint density at radius 2 is 1.92 bits per heavy atom. The molecule has 1 aromatic carbocycles. The van der Waals surface area contributed by atoms with E-state index in [1.807, 2.05) is 13.8 Å². The fraction of sp³-hybridized carbons (Fsp3) is 0.529. The number of aliphatic carboxylic acids is 1. The van der Waals surface area contributed by atoms with E-state index in [1.165, 1.54) is 0 Å². The molecule has 1 heterocycles. The molecule has 0 fully saturated rings. The summed E-state index contributed by atoms with van der Waals surface area (Å²) in [5.41, 5.74) is 7.23. The van der Waals surface area contributed by atoms with Crippen LogP contribution in [0, 0.1) is 20.8 Å². The number of hydrogen-bond donors (Lipinski definition) is 3. The summed E-state index contributed by atoms with van der Waals surface area (Å²) in [6.45, 7) is 6.63. The van der Waals surface area contributed by atoms with Gasteiger partial charge in [0.05, 0.1) is 0 Å². The van der Waals surface area contributed by atoms with Gasteiger partial charge in [-0.3, -0.25) is 4.79 Å². The molecule has 4 N–H and O–H groups in total. The van der Waals surface area contributed by atoms with E-state index in [-0.39, 0.29) is 5.75 Å². The van der Waals surface area contributed by atoms with Crippen LogP contribution < -0.4 is 10.5 Å². The number of carbonyl (C=O) groups is 2. The summed E-state index contributed by atoms with van der Waals surface area (Å²) in [6, 6.07) is -1.27. The Morgan fingerprint density at radius 1 is 1.29 bits per heavy atom. The second kappa shape index (κ2) is 6.32. The first-order valence-corrected chi connectivity index (χ1v) is 7.74. The number of nitrogens with two attached hydrogens (primary N) is 1. The quantitative estimate of drug-likeness (QED) is 0.710. The van der Waals surface area contributed by atoms with E-state index < -0.39 is 30.2 Å². The standard InChI is InChI=1S/C17H23NO6/c1-8-9(2)14-11(10(3)13(8)19)5-6-17(4,24-14)16(22)23-7-12(18)15(20)21/h12,19H,5-7,18H2,1-4H3,(H,20,21)/t12-,17?/m0/s1. The number of phenols is 1. The predicted molar refractivity (Wildman–Crippen MR) is 86.2 cm³/mol. The van der Waals surface area contributed by atoms with Crippen LogP contribution in [-0.4, -0.2) is 40.4 Å². The van der Waals surface area contributed by atoms with Gasteiger partial charge >= 0.3 is 11.9 Å². The van der Waals surface area contributed by atoms with E-state index in [4.69, 9.17) is 20.3 Å². The summed E-state index contributed by atoms with van der Waals surface area (Å²) in [6.07, 6.45) is 0.913. The molecule has 24 heavy (non-hydrogen) atoms. The number of hydrogen-bond acceptors (Lipinski definition) is 6. The summed E-state index contributed by atoms with van der Waals surface area (Å²) >= 11 is 0. The molecule has 2 rings (SSSR count). The fourth-order valence-corrected chi connectivity index (χ4v) is 2.78. The van der Waals surface area contributed by atoms with E-state index in [2.05, 4.69) is 0 Å². The molecule has 0 amide bonds. The molecule has 1 unspecified atom stereocenters. The molecule has 7 heteroatoms. The first kappa shape index (κ1) is 18.1. The van der Waals surface area contributed by atoms with Crippen LogP contribution in [0.4, 0.5) is 0 Å². The number of phenolic OH excluding ortho intramolecular Hbond substituents is 1. The molecule has 1 aromatic rings. The topological polar surface area (TPSA) is 119 Å². The highest BCUT2D eigenvalue weighted by Crippen LogP contribution is 2.43. The van der Waals surface area contributed by atoms with Crippen molar-refractivity contribution < 1.29 is 29.3 Å². The molecule has 2 atom stereocenters. The molecule has 0 radical (unpaired) electrons. The molecule has 0 saturated heterocycles. The lowest BCUT2D eigenvalue weighted by Gasteiger charge is -2.36. The molecule has 1 aliphatic rings.